The van der Waals surface area contributed by atoms with Crippen LogP contribution in [0, 0.1) is 0 Å². The van der Waals surface area contributed by atoms with Crippen molar-refractivity contribution in [1.82, 2.24) is 4.98 Å². The molecule has 0 aliphatic carbocycles. The van der Waals surface area contributed by atoms with Crippen molar-refractivity contribution in [1.29, 1.82) is 0 Å². The van der Waals surface area contributed by atoms with Gasteiger partial charge in [-0.25, -0.2) is 4.98 Å². The van der Waals surface area contributed by atoms with Gasteiger partial charge in [0.1, 0.15) is 0 Å². The van der Waals surface area contributed by atoms with Gasteiger partial charge in [-0.3, -0.25) is 4.79 Å². The fourth-order valence-electron chi connectivity index (χ4n) is 1.20. The lowest BCUT2D eigenvalue weighted by atomic mass is 10.2. The van der Waals surface area contributed by atoms with Crippen LogP contribution in [0.25, 0.3) is 6.08 Å². The second-order valence-corrected chi connectivity index (χ2v) is 2.69. The van der Waals surface area contributed by atoms with Crippen LogP contribution in [-0.2, 0) is 9.53 Å². The molecule has 0 fully saturated rings. The van der Waals surface area contributed by atoms with Crippen molar-refractivity contribution in [2.45, 2.75) is 6.10 Å². The molecule has 0 N–H and O–H groups in total. The second kappa shape index (κ2) is 3.06. The molecule has 2 rings (SSSR count). The van der Waals surface area contributed by atoms with E-state index >= 15 is 0 Å². The van der Waals surface area contributed by atoms with E-state index in [9.17, 15) is 4.79 Å². The Balaban J connectivity index is 2.66. The number of rotatable bonds is 1. The zero-order valence-corrected chi connectivity index (χ0v) is 7.10. The largest absolute Gasteiger partial charge is 0.367 e. The quantitative estimate of drug-likeness (QED) is 0.553. The summed E-state index contributed by atoms with van der Waals surface area (Å²) in [6.45, 7) is 0. The van der Waals surface area contributed by atoms with Gasteiger partial charge >= 0.3 is 0 Å². The monoisotopic (exact) mass is 176 g/mol. The number of nitrogens with zero attached hydrogens (tertiary/aromatic N) is 2. The molecule has 0 radical (unpaired) electrons. The topological polar surface area (TPSA) is 51.6 Å². The second-order valence-electron chi connectivity index (χ2n) is 2.69. The molecule has 4 heteroatoms. The van der Waals surface area contributed by atoms with Crippen LogP contribution in [0.1, 0.15) is 0 Å². The maximum absolute atomic E-state index is 11.2. The zero-order chi connectivity index (χ0) is 9.26. The summed E-state index contributed by atoms with van der Waals surface area (Å²) in [7, 11) is 1.48. The van der Waals surface area contributed by atoms with Gasteiger partial charge < -0.3 is 4.74 Å². The summed E-state index contributed by atoms with van der Waals surface area (Å²) < 4.78 is 4.93. The van der Waals surface area contributed by atoms with Crippen molar-refractivity contribution in [3.05, 3.63) is 29.0 Å². The van der Waals surface area contributed by atoms with Crippen LogP contribution in [0.15, 0.2) is 23.3 Å². The maximum atomic E-state index is 11.2. The first-order valence-electron chi connectivity index (χ1n) is 3.89. The Kier molecular flexibility index (Phi) is 1.90. The molecule has 0 saturated heterocycles. The molecule has 0 aromatic carbocycles. The number of pyridine rings is 1. The number of aromatic nitrogens is 1. The van der Waals surface area contributed by atoms with Crippen LogP contribution in [0.4, 0.5) is 0 Å². The van der Waals surface area contributed by atoms with Gasteiger partial charge in [0.15, 0.2) is 11.6 Å². The van der Waals surface area contributed by atoms with Crippen molar-refractivity contribution in [3.8, 4) is 0 Å². The molecule has 4 nitrogen and oxygen atoms in total. The van der Waals surface area contributed by atoms with E-state index in [1.165, 1.54) is 7.11 Å². The van der Waals surface area contributed by atoms with Gasteiger partial charge in [-0.05, 0) is 18.2 Å². The molecular formula is C9H8N2O2. The lowest BCUT2D eigenvalue weighted by Gasteiger charge is -2.08. The molecular weight excluding hydrogens is 168 g/mol. The molecule has 1 aromatic rings. The Bertz CT molecular complexity index is 453. The fourth-order valence-corrected chi connectivity index (χ4v) is 1.20. The van der Waals surface area contributed by atoms with E-state index in [1.54, 1.807) is 18.3 Å². The van der Waals surface area contributed by atoms with E-state index in [0.717, 1.165) is 5.22 Å². The molecule has 2 heterocycles. The lowest BCUT2D eigenvalue weighted by molar-refractivity contribution is -0.124. The number of carbonyl (C=O) groups is 1. The summed E-state index contributed by atoms with van der Waals surface area (Å²) in [5.74, 6) is -0.297. The number of fused-ring (bicyclic) bond motifs is 1. The van der Waals surface area contributed by atoms with Gasteiger partial charge in [0.2, 0.25) is 0 Å². The van der Waals surface area contributed by atoms with Crippen molar-refractivity contribution in [3.63, 3.8) is 0 Å². The van der Waals surface area contributed by atoms with Crippen molar-refractivity contribution < 1.29 is 9.53 Å². The normalized spacial score (nSPS) is 20.1. The van der Waals surface area contributed by atoms with Gasteiger partial charge in [-0.15, -0.1) is 0 Å². The molecule has 1 atom stereocenters. The molecule has 0 spiro atoms. The smallest absolute Gasteiger partial charge is 0.280 e. The maximum Gasteiger partial charge on any atom is 0.280 e. The SMILES string of the molecule is COC1C=c2cccnc2=NC1=O. The fraction of sp³-hybridized carbons (Fsp3) is 0.222. The van der Waals surface area contributed by atoms with E-state index in [4.69, 9.17) is 4.74 Å². The average Bonchev–Trinajstić information content (AvgIpc) is 2.17. The standard InChI is InChI=1S/C9H8N2O2/c1-13-7-5-6-3-2-4-10-8(6)11-9(7)12/h2-5,7H,1H3. The predicted octanol–water partition coefficient (Wildman–Crippen LogP) is -0.963. The molecule has 1 aromatic heterocycles. The minimum Gasteiger partial charge on any atom is -0.367 e. The average molecular weight is 176 g/mol. The summed E-state index contributed by atoms with van der Waals surface area (Å²) in [5.41, 5.74) is 0.473. The van der Waals surface area contributed by atoms with Gasteiger partial charge in [0, 0.05) is 18.5 Å². The number of carbonyl (C=O) groups excluding carboxylic acids is 1. The van der Waals surface area contributed by atoms with Gasteiger partial charge in [-0.2, -0.15) is 4.99 Å². The number of hydrogen-bond donors (Lipinski definition) is 0. The Morgan fingerprint density at radius 2 is 2.38 bits per heavy atom. The highest BCUT2D eigenvalue weighted by atomic mass is 16.5. The van der Waals surface area contributed by atoms with Gasteiger partial charge in [0.05, 0.1) is 0 Å². The third-order valence-corrected chi connectivity index (χ3v) is 1.86. The predicted molar refractivity (Wildman–Crippen MR) is 45.3 cm³/mol. The highest BCUT2D eigenvalue weighted by Gasteiger charge is 2.16. The van der Waals surface area contributed by atoms with Gasteiger partial charge in [-0.1, -0.05) is 0 Å². The molecule has 1 aliphatic heterocycles. The Morgan fingerprint density at radius 1 is 1.54 bits per heavy atom. The van der Waals surface area contributed by atoms with E-state index in [2.05, 4.69) is 9.98 Å². The Labute approximate surface area is 74.6 Å². The Hall–Kier alpha value is -1.55. The number of ether oxygens (including phenoxy) is 1. The van der Waals surface area contributed by atoms with Crippen LogP contribution in [0.5, 0.6) is 0 Å². The van der Waals surface area contributed by atoms with E-state index < -0.39 is 6.10 Å². The summed E-state index contributed by atoms with van der Waals surface area (Å²) in [4.78, 5) is 19.0. The van der Waals surface area contributed by atoms with E-state index in [1.807, 2.05) is 6.07 Å². The summed E-state index contributed by atoms with van der Waals surface area (Å²) in [6, 6.07) is 3.65. The van der Waals surface area contributed by atoms with Crippen molar-refractivity contribution in [2.75, 3.05) is 7.11 Å². The first kappa shape index (κ1) is 8.07. The molecule has 66 valence electrons. The Morgan fingerprint density at radius 3 is 3.15 bits per heavy atom. The minimum atomic E-state index is -0.559. The molecule has 1 amide bonds. The van der Waals surface area contributed by atoms with Crippen LogP contribution >= 0.6 is 0 Å². The number of methoxy groups -OCH3 is 1. The third-order valence-electron chi connectivity index (χ3n) is 1.86. The first-order valence-corrected chi connectivity index (χ1v) is 3.89. The molecule has 1 unspecified atom stereocenters. The lowest BCUT2D eigenvalue weighted by Crippen LogP contribution is -2.38. The minimum absolute atomic E-state index is 0.297. The molecule has 13 heavy (non-hydrogen) atoms. The first-order chi connectivity index (χ1) is 6.31. The zero-order valence-electron chi connectivity index (χ0n) is 7.10. The third kappa shape index (κ3) is 1.36. The van der Waals surface area contributed by atoms with E-state index in [-0.39, 0.29) is 5.91 Å². The summed E-state index contributed by atoms with van der Waals surface area (Å²) in [6.07, 6.45) is 2.77. The summed E-state index contributed by atoms with van der Waals surface area (Å²) in [5, 5.41) is 0.842. The van der Waals surface area contributed by atoms with Crippen LogP contribution in [0.3, 0.4) is 0 Å². The van der Waals surface area contributed by atoms with Crippen molar-refractivity contribution in [2.24, 2.45) is 4.99 Å². The van der Waals surface area contributed by atoms with Crippen LogP contribution < -0.4 is 10.7 Å². The molecule has 0 bridgehead atoms. The number of hydrogen-bond acceptors (Lipinski definition) is 3. The van der Waals surface area contributed by atoms with Crippen molar-refractivity contribution >= 4 is 12.0 Å². The number of amides is 1. The molecule has 1 aliphatic rings. The van der Waals surface area contributed by atoms with Gasteiger partial charge in [0.25, 0.3) is 5.91 Å². The molecule has 0 saturated carbocycles. The highest BCUT2D eigenvalue weighted by molar-refractivity contribution is 5.88. The summed E-state index contributed by atoms with van der Waals surface area (Å²) >= 11 is 0. The van der Waals surface area contributed by atoms with E-state index in [0.29, 0.717) is 5.49 Å². The van der Waals surface area contributed by atoms with Crippen LogP contribution in [-0.4, -0.2) is 24.1 Å². The highest BCUT2D eigenvalue weighted by Crippen LogP contribution is 1.96. The van der Waals surface area contributed by atoms with Crippen LogP contribution in [0.2, 0.25) is 0 Å².